The van der Waals surface area contributed by atoms with Gasteiger partial charge in [0.15, 0.2) is 0 Å². The second-order valence-electron chi connectivity index (χ2n) is 10.3. The first kappa shape index (κ1) is 22.3. The Morgan fingerprint density at radius 2 is 1.86 bits per heavy atom. The van der Waals surface area contributed by atoms with Crippen molar-refractivity contribution in [2.45, 2.75) is 43.5 Å². The molecule has 4 atom stereocenters. The van der Waals surface area contributed by atoms with E-state index in [0.29, 0.717) is 30.6 Å². The normalized spacial score (nSPS) is 27.7. The van der Waals surface area contributed by atoms with E-state index in [-0.39, 0.29) is 46.4 Å². The quantitative estimate of drug-likeness (QED) is 0.407. The van der Waals surface area contributed by atoms with E-state index in [1.165, 1.54) is 3.97 Å². The predicted octanol–water partition coefficient (Wildman–Crippen LogP) is 3.72. The molecule has 35 heavy (non-hydrogen) atoms. The summed E-state index contributed by atoms with van der Waals surface area (Å²) in [6.07, 6.45) is 1.30. The Bertz CT molecular complexity index is 1490. The number of para-hydroxylation sites is 1. The maximum Gasteiger partial charge on any atom is 0.268 e. The number of aromatic nitrogens is 1. The molecule has 2 aliphatic heterocycles. The summed E-state index contributed by atoms with van der Waals surface area (Å²) < 4.78 is 29.9. The van der Waals surface area contributed by atoms with Gasteiger partial charge in [0.2, 0.25) is 12.5 Å². The molecule has 1 spiro atoms. The third kappa shape index (κ3) is 2.90. The number of hydrogen-bond donors (Lipinski definition) is 0. The number of carbonyl (C=O) groups excluding carboxylic acids is 1. The number of carbonyl (C=O) groups is 1. The van der Waals surface area contributed by atoms with Crippen LogP contribution >= 0.6 is 0 Å². The van der Waals surface area contributed by atoms with Crippen LogP contribution in [-0.2, 0) is 26.8 Å². The van der Waals surface area contributed by atoms with Gasteiger partial charge in [-0.05, 0) is 49.4 Å². The van der Waals surface area contributed by atoms with Gasteiger partial charge >= 0.3 is 0 Å². The molecule has 3 aliphatic rings. The number of aryl methyl sites for hydroxylation is 1. The minimum atomic E-state index is -3.99. The van der Waals surface area contributed by atoms with Gasteiger partial charge in [-0.3, -0.25) is 14.9 Å². The molecule has 0 radical (unpaired) electrons. The van der Waals surface area contributed by atoms with Crippen LogP contribution in [0, 0.1) is 34.8 Å². The van der Waals surface area contributed by atoms with Crippen LogP contribution in [0.5, 0.6) is 0 Å². The van der Waals surface area contributed by atoms with Gasteiger partial charge < -0.3 is 4.90 Å². The van der Waals surface area contributed by atoms with Crippen LogP contribution in [0.25, 0.3) is 10.9 Å². The van der Waals surface area contributed by atoms with Gasteiger partial charge in [0.25, 0.3) is 10.0 Å². The second kappa shape index (κ2) is 7.40. The smallest absolute Gasteiger partial charge is 0.268 e. The first-order chi connectivity index (χ1) is 16.7. The van der Waals surface area contributed by atoms with E-state index in [4.69, 9.17) is 0 Å². The SMILES string of the molecule is Cc1ccc(S(=O)(=O)n2c3c(c4ccccc42)CCN2C(=O)CC4C(C[N+](=O)[O-])C(C)CC342)cc1. The van der Waals surface area contributed by atoms with Gasteiger partial charge in [0.1, 0.15) is 0 Å². The average Bonchev–Trinajstić information content (AvgIpc) is 3.39. The third-order valence-corrected chi connectivity index (χ3v) is 10.3. The van der Waals surface area contributed by atoms with Crippen LogP contribution in [-0.4, -0.2) is 41.2 Å². The summed E-state index contributed by atoms with van der Waals surface area (Å²) in [4.78, 5) is 26.5. The summed E-state index contributed by atoms with van der Waals surface area (Å²) in [6, 6.07) is 14.3. The highest BCUT2D eigenvalue weighted by Crippen LogP contribution is 2.62. The number of amides is 1. The fraction of sp³-hybridized carbons (Fsp3) is 0.423. The number of benzene rings is 2. The van der Waals surface area contributed by atoms with E-state index in [2.05, 4.69) is 0 Å². The molecule has 6 rings (SSSR count). The monoisotopic (exact) mass is 493 g/mol. The zero-order valence-electron chi connectivity index (χ0n) is 19.7. The molecule has 8 nitrogen and oxygen atoms in total. The summed E-state index contributed by atoms with van der Waals surface area (Å²) in [5.74, 6) is -0.643. The molecule has 182 valence electrons. The van der Waals surface area contributed by atoms with E-state index < -0.39 is 15.6 Å². The van der Waals surface area contributed by atoms with Crippen molar-refractivity contribution in [3.8, 4) is 0 Å². The fourth-order valence-corrected chi connectivity index (χ4v) is 8.77. The number of fused-ring (bicyclic) bond motifs is 3. The Hall–Kier alpha value is -3.20. The van der Waals surface area contributed by atoms with E-state index in [1.807, 2.05) is 43.0 Å². The van der Waals surface area contributed by atoms with Crippen molar-refractivity contribution in [3.05, 3.63) is 75.5 Å². The first-order valence-electron chi connectivity index (χ1n) is 12.0. The molecule has 1 amide bonds. The van der Waals surface area contributed by atoms with E-state index in [1.54, 1.807) is 24.3 Å². The fourth-order valence-electron chi connectivity index (χ4n) is 7.16. The molecule has 2 aromatic carbocycles. The highest BCUT2D eigenvalue weighted by atomic mass is 32.2. The van der Waals surface area contributed by atoms with Crippen LogP contribution in [0.1, 0.15) is 36.6 Å². The zero-order chi connectivity index (χ0) is 24.7. The molecular formula is C26H27N3O5S. The van der Waals surface area contributed by atoms with Crippen molar-refractivity contribution in [2.24, 2.45) is 17.8 Å². The largest absolute Gasteiger partial charge is 0.331 e. The third-order valence-electron chi connectivity index (χ3n) is 8.52. The van der Waals surface area contributed by atoms with Gasteiger partial charge in [-0.2, -0.15) is 0 Å². The average molecular weight is 494 g/mol. The van der Waals surface area contributed by atoms with Crippen molar-refractivity contribution < 1.29 is 18.1 Å². The van der Waals surface area contributed by atoms with Gasteiger partial charge in [0, 0.05) is 35.1 Å². The van der Waals surface area contributed by atoms with Crippen molar-refractivity contribution in [3.63, 3.8) is 0 Å². The molecule has 0 N–H and O–H groups in total. The standard InChI is InChI=1S/C26H27N3O5S/c1-16-7-9-18(10-8-16)35(33,34)29-23-6-4-3-5-19(23)20-11-12-27-24(30)13-22-21(15-28(31)32)17(2)14-26(22,27)25(20)29/h3-10,17,21-22H,11-15H2,1-2H3. The highest BCUT2D eigenvalue weighted by molar-refractivity contribution is 7.90. The Kier molecular flexibility index (Phi) is 4.71. The molecular weight excluding hydrogens is 466 g/mol. The van der Waals surface area contributed by atoms with Gasteiger partial charge in [0.05, 0.1) is 21.6 Å². The van der Waals surface area contributed by atoms with Crippen molar-refractivity contribution in [2.75, 3.05) is 13.1 Å². The lowest BCUT2D eigenvalue weighted by atomic mass is 9.77. The predicted molar refractivity (Wildman–Crippen MR) is 130 cm³/mol. The molecule has 2 fully saturated rings. The Labute approximate surface area is 203 Å². The number of hydrogen-bond acceptors (Lipinski definition) is 5. The summed E-state index contributed by atoms with van der Waals surface area (Å²) >= 11 is 0. The molecule has 4 unspecified atom stereocenters. The Balaban J connectivity index is 1.68. The number of nitro groups is 1. The molecule has 3 heterocycles. The van der Waals surface area contributed by atoms with E-state index in [0.717, 1.165) is 16.5 Å². The Morgan fingerprint density at radius 1 is 1.14 bits per heavy atom. The number of nitrogens with zero attached hydrogens (tertiary/aromatic N) is 3. The summed E-state index contributed by atoms with van der Waals surface area (Å²) in [5, 5.41) is 12.4. The lowest BCUT2D eigenvalue weighted by Crippen LogP contribution is -2.51. The van der Waals surface area contributed by atoms with Gasteiger partial charge in [-0.25, -0.2) is 12.4 Å². The number of rotatable bonds is 4. The second-order valence-corrected chi connectivity index (χ2v) is 12.1. The molecule has 1 saturated carbocycles. The Morgan fingerprint density at radius 3 is 2.57 bits per heavy atom. The van der Waals surface area contributed by atoms with Gasteiger partial charge in [-0.15, -0.1) is 0 Å². The van der Waals surface area contributed by atoms with Crippen LogP contribution < -0.4 is 0 Å². The topological polar surface area (TPSA) is 103 Å². The molecule has 1 aliphatic carbocycles. The van der Waals surface area contributed by atoms with Gasteiger partial charge in [-0.1, -0.05) is 42.8 Å². The first-order valence-corrected chi connectivity index (χ1v) is 13.5. The van der Waals surface area contributed by atoms with Crippen molar-refractivity contribution in [1.82, 2.24) is 8.87 Å². The lowest BCUT2D eigenvalue weighted by molar-refractivity contribution is -0.491. The lowest BCUT2D eigenvalue weighted by Gasteiger charge is -2.44. The van der Waals surface area contributed by atoms with Crippen LogP contribution in [0.2, 0.25) is 0 Å². The van der Waals surface area contributed by atoms with E-state index >= 15 is 0 Å². The minimum absolute atomic E-state index is 0.0134. The summed E-state index contributed by atoms with van der Waals surface area (Å²) in [7, 11) is -3.99. The summed E-state index contributed by atoms with van der Waals surface area (Å²) in [5.41, 5.74) is 2.28. The van der Waals surface area contributed by atoms with Crippen LogP contribution in [0.3, 0.4) is 0 Å². The van der Waals surface area contributed by atoms with Crippen molar-refractivity contribution >= 4 is 26.8 Å². The van der Waals surface area contributed by atoms with Crippen molar-refractivity contribution in [1.29, 1.82) is 0 Å². The van der Waals surface area contributed by atoms with Crippen LogP contribution in [0.4, 0.5) is 0 Å². The molecule has 1 aromatic heterocycles. The molecule has 3 aromatic rings. The molecule has 1 saturated heterocycles. The maximum absolute atomic E-state index is 14.2. The van der Waals surface area contributed by atoms with Crippen LogP contribution in [0.15, 0.2) is 53.4 Å². The minimum Gasteiger partial charge on any atom is -0.331 e. The molecule has 9 heteroatoms. The highest BCUT2D eigenvalue weighted by Gasteiger charge is 2.66. The maximum atomic E-state index is 14.2. The van der Waals surface area contributed by atoms with E-state index in [9.17, 15) is 23.3 Å². The molecule has 0 bridgehead atoms. The zero-order valence-corrected chi connectivity index (χ0v) is 20.5. The summed E-state index contributed by atoms with van der Waals surface area (Å²) in [6.45, 7) is 4.19.